The third-order valence-electron chi connectivity index (χ3n) is 3.52. The predicted octanol–water partition coefficient (Wildman–Crippen LogP) is 3.65. The van der Waals surface area contributed by atoms with Crippen LogP contribution in [0.3, 0.4) is 0 Å². The van der Waals surface area contributed by atoms with Crippen LogP contribution in [0.15, 0.2) is 30.4 Å². The molecule has 100 valence electrons. The first-order valence-electron chi connectivity index (χ1n) is 6.93. The number of carbonyl (C=O) groups excluding carboxylic acids is 1. The van der Waals surface area contributed by atoms with Gasteiger partial charge in [0.2, 0.25) is 0 Å². The number of fused-ring (bicyclic) bond motifs is 1. The SMILES string of the molecule is CC/C=C\C1OC(=O)c2c(OCC3CC3)cccc21. The highest BCUT2D eigenvalue weighted by molar-refractivity contribution is 5.97. The van der Waals surface area contributed by atoms with Crippen LogP contribution in [-0.4, -0.2) is 12.6 Å². The molecule has 1 unspecified atom stereocenters. The van der Waals surface area contributed by atoms with Gasteiger partial charge in [0.05, 0.1) is 6.61 Å². The average Bonchev–Trinajstić information content (AvgIpc) is 3.19. The standard InChI is InChI=1S/C16H18O3/c1-2-3-6-13-12-5-4-7-14(15(12)16(17)19-13)18-10-11-8-9-11/h3-7,11,13H,2,8-10H2,1H3/b6-3-. The Hall–Kier alpha value is -1.77. The summed E-state index contributed by atoms with van der Waals surface area (Å²) in [5, 5.41) is 0. The third-order valence-corrected chi connectivity index (χ3v) is 3.52. The molecule has 2 aliphatic rings. The highest BCUT2D eigenvalue weighted by Gasteiger charge is 2.33. The largest absolute Gasteiger partial charge is 0.492 e. The lowest BCUT2D eigenvalue weighted by Crippen LogP contribution is -2.04. The fraction of sp³-hybridized carbons (Fsp3) is 0.438. The summed E-state index contributed by atoms with van der Waals surface area (Å²) in [7, 11) is 0. The van der Waals surface area contributed by atoms with E-state index >= 15 is 0 Å². The van der Waals surface area contributed by atoms with Gasteiger partial charge in [0.25, 0.3) is 0 Å². The van der Waals surface area contributed by atoms with E-state index in [1.54, 1.807) is 0 Å². The Morgan fingerprint density at radius 2 is 2.26 bits per heavy atom. The van der Waals surface area contributed by atoms with E-state index in [0.717, 1.165) is 12.0 Å². The fourth-order valence-electron chi connectivity index (χ4n) is 2.26. The second-order valence-electron chi connectivity index (χ2n) is 5.14. The molecule has 0 N–H and O–H groups in total. The molecule has 19 heavy (non-hydrogen) atoms. The number of ether oxygens (including phenoxy) is 2. The van der Waals surface area contributed by atoms with Crippen molar-refractivity contribution in [2.75, 3.05) is 6.61 Å². The van der Waals surface area contributed by atoms with Crippen molar-refractivity contribution in [3.05, 3.63) is 41.5 Å². The van der Waals surface area contributed by atoms with Crippen molar-refractivity contribution in [1.29, 1.82) is 0 Å². The number of carbonyl (C=O) groups is 1. The van der Waals surface area contributed by atoms with Crippen LogP contribution in [0, 0.1) is 5.92 Å². The van der Waals surface area contributed by atoms with Crippen LogP contribution in [-0.2, 0) is 4.74 Å². The van der Waals surface area contributed by atoms with Crippen LogP contribution in [0.2, 0.25) is 0 Å². The lowest BCUT2D eigenvalue weighted by atomic mass is 10.0. The molecule has 3 rings (SSSR count). The molecule has 0 amide bonds. The van der Waals surface area contributed by atoms with E-state index in [4.69, 9.17) is 9.47 Å². The number of allylic oxidation sites excluding steroid dienone is 1. The molecule has 1 aromatic rings. The van der Waals surface area contributed by atoms with Crippen LogP contribution in [0.25, 0.3) is 0 Å². The zero-order valence-electron chi connectivity index (χ0n) is 11.1. The zero-order chi connectivity index (χ0) is 13.2. The Bertz CT molecular complexity index is 515. The Balaban J connectivity index is 1.85. The molecule has 0 spiro atoms. The summed E-state index contributed by atoms with van der Waals surface area (Å²) in [6.07, 6.45) is 7.11. The normalized spacial score (nSPS) is 21.5. The van der Waals surface area contributed by atoms with Gasteiger partial charge < -0.3 is 9.47 Å². The summed E-state index contributed by atoms with van der Waals surface area (Å²) in [6.45, 7) is 2.77. The van der Waals surface area contributed by atoms with E-state index in [1.165, 1.54) is 12.8 Å². The summed E-state index contributed by atoms with van der Waals surface area (Å²) in [5.74, 6) is 1.07. The van der Waals surface area contributed by atoms with Gasteiger partial charge >= 0.3 is 5.97 Å². The maximum absolute atomic E-state index is 12.0. The second-order valence-corrected chi connectivity index (χ2v) is 5.14. The summed E-state index contributed by atoms with van der Waals surface area (Å²) in [6, 6.07) is 5.72. The van der Waals surface area contributed by atoms with E-state index < -0.39 is 0 Å². The molecule has 1 heterocycles. The van der Waals surface area contributed by atoms with E-state index in [1.807, 2.05) is 30.4 Å². The summed E-state index contributed by atoms with van der Waals surface area (Å²) in [5.41, 5.74) is 1.52. The van der Waals surface area contributed by atoms with Gasteiger partial charge in [-0.2, -0.15) is 0 Å². The number of esters is 1. The monoisotopic (exact) mass is 258 g/mol. The fourth-order valence-corrected chi connectivity index (χ4v) is 2.26. The van der Waals surface area contributed by atoms with Crippen LogP contribution in [0.4, 0.5) is 0 Å². The number of cyclic esters (lactones) is 1. The highest BCUT2D eigenvalue weighted by atomic mass is 16.6. The Labute approximate surface area is 113 Å². The first-order valence-corrected chi connectivity index (χ1v) is 6.93. The van der Waals surface area contributed by atoms with Crippen molar-refractivity contribution in [3.63, 3.8) is 0 Å². The van der Waals surface area contributed by atoms with Crippen molar-refractivity contribution in [1.82, 2.24) is 0 Å². The van der Waals surface area contributed by atoms with Gasteiger partial charge in [0, 0.05) is 5.56 Å². The van der Waals surface area contributed by atoms with Crippen molar-refractivity contribution >= 4 is 5.97 Å². The minimum absolute atomic E-state index is 0.257. The van der Waals surface area contributed by atoms with E-state index in [2.05, 4.69) is 6.92 Å². The predicted molar refractivity (Wildman–Crippen MR) is 72.2 cm³/mol. The quantitative estimate of drug-likeness (QED) is 0.597. The molecular weight excluding hydrogens is 240 g/mol. The molecule has 1 saturated carbocycles. The van der Waals surface area contributed by atoms with E-state index in [9.17, 15) is 4.79 Å². The molecule has 3 heteroatoms. The first kappa shape index (κ1) is 12.3. The maximum atomic E-state index is 12.0. The van der Waals surface area contributed by atoms with E-state index in [-0.39, 0.29) is 12.1 Å². The van der Waals surface area contributed by atoms with Crippen molar-refractivity contribution in [2.24, 2.45) is 5.92 Å². The molecule has 0 aromatic heterocycles. The number of rotatable bonds is 5. The summed E-state index contributed by atoms with van der Waals surface area (Å²) < 4.78 is 11.2. The van der Waals surface area contributed by atoms with Gasteiger partial charge in [-0.25, -0.2) is 4.79 Å². The molecule has 1 aliphatic heterocycles. The minimum Gasteiger partial charge on any atom is -0.492 e. The van der Waals surface area contributed by atoms with Gasteiger partial charge in [-0.15, -0.1) is 0 Å². The van der Waals surface area contributed by atoms with Crippen LogP contribution >= 0.6 is 0 Å². The lowest BCUT2D eigenvalue weighted by molar-refractivity contribution is 0.0464. The molecular formula is C16H18O3. The summed E-state index contributed by atoms with van der Waals surface area (Å²) in [4.78, 5) is 12.0. The highest BCUT2D eigenvalue weighted by Crippen LogP contribution is 2.38. The van der Waals surface area contributed by atoms with Gasteiger partial charge in [0.1, 0.15) is 17.4 Å². The van der Waals surface area contributed by atoms with Gasteiger partial charge in [0.15, 0.2) is 0 Å². The number of hydrogen-bond donors (Lipinski definition) is 0. The van der Waals surface area contributed by atoms with Crippen molar-refractivity contribution < 1.29 is 14.3 Å². The Morgan fingerprint density at radius 3 is 3.00 bits per heavy atom. The van der Waals surface area contributed by atoms with Crippen LogP contribution in [0.5, 0.6) is 5.75 Å². The zero-order valence-corrected chi connectivity index (χ0v) is 11.1. The van der Waals surface area contributed by atoms with Crippen molar-refractivity contribution in [2.45, 2.75) is 32.3 Å². The average molecular weight is 258 g/mol. The number of hydrogen-bond acceptors (Lipinski definition) is 3. The molecule has 1 fully saturated rings. The number of benzene rings is 1. The molecule has 1 atom stereocenters. The Kier molecular flexibility index (Phi) is 3.28. The van der Waals surface area contributed by atoms with E-state index in [0.29, 0.717) is 23.8 Å². The van der Waals surface area contributed by atoms with Crippen molar-refractivity contribution in [3.8, 4) is 5.75 Å². The van der Waals surface area contributed by atoms with Gasteiger partial charge in [-0.05, 0) is 37.3 Å². The Morgan fingerprint density at radius 1 is 1.42 bits per heavy atom. The van der Waals surface area contributed by atoms with Gasteiger partial charge in [-0.3, -0.25) is 0 Å². The maximum Gasteiger partial charge on any atom is 0.343 e. The molecule has 1 aliphatic carbocycles. The second kappa shape index (κ2) is 5.08. The van der Waals surface area contributed by atoms with Gasteiger partial charge in [-0.1, -0.05) is 25.1 Å². The first-order chi connectivity index (χ1) is 9.29. The molecule has 3 nitrogen and oxygen atoms in total. The molecule has 0 radical (unpaired) electrons. The molecule has 0 saturated heterocycles. The minimum atomic E-state index is -0.271. The third kappa shape index (κ3) is 2.50. The topological polar surface area (TPSA) is 35.5 Å². The lowest BCUT2D eigenvalue weighted by Gasteiger charge is -2.08. The summed E-state index contributed by atoms with van der Waals surface area (Å²) >= 11 is 0. The molecule has 0 bridgehead atoms. The molecule has 1 aromatic carbocycles. The van der Waals surface area contributed by atoms with Crippen LogP contribution < -0.4 is 4.74 Å². The van der Waals surface area contributed by atoms with Crippen LogP contribution in [0.1, 0.15) is 48.2 Å². The smallest absolute Gasteiger partial charge is 0.343 e.